The molecule has 0 atom stereocenters. The zero-order valence-electron chi connectivity index (χ0n) is 15.3. The van der Waals surface area contributed by atoms with Crippen LogP contribution in [0.15, 0.2) is 41.3 Å². The second-order valence-corrected chi connectivity index (χ2v) is 7.77. The monoisotopic (exact) mass is 435 g/mol. The van der Waals surface area contributed by atoms with Gasteiger partial charge < -0.3 is 10.1 Å². The number of rotatable bonds is 7. The minimum absolute atomic E-state index is 0. The van der Waals surface area contributed by atoms with Crippen LogP contribution in [0.25, 0.3) is 10.8 Å². The highest BCUT2D eigenvalue weighted by molar-refractivity contribution is 7.89. The molecule has 0 amide bonds. The van der Waals surface area contributed by atoms with Crippen molar-refractivity contribution in [2.24, 2.45) is 0 Å². The van der Waals surface area contributed by atoms with E-state index in [1.54, 1.807) is 12.1 Å². The lowest BCUT2D eigenvalue weighted by Gasteiger charge is -2.27. The van der Waals surface area contributed by atoms with Crippen LogP contribution in [0.5, 0.6) is 5.75 Å². The van der Waals surface area contributed by atoms with Gasteiger partial charge in [-0.15, -0.1) is 24.8 Å². The van der Waals surface area contributed by atoms with Gasteiger partial charge in [-0.25, -0.2) is 13.1 Å². The van der Waals surface area contributed by atoms with E-state index in [1.807, 2.05) is 31.2 Å². The van der Waals surface area contributed by atoms with Gasteiger partial charge in [-0.1, -0.05) is 24.3 Å². The topological polar surface area (TPSA) is 70.7 Å². The lowest BCUT2D eigenvalue weighted by molar-refractivity contribution is 0.245. The van der Waals surface area contributed by atoms with Crippen LogP contribution in [0.2, 0.25) is 0 Å². The van der Waals surface area contributed by atoms with Gasteiger partial charge in [-0.05, 0) is 19.1 Å². The fraction of sp³-hybridized carbons (Fsp3) is 0.444. The highest BCUT2D eigenvalue weighted by Gasteiger charge is 2.19. The van der Waals surface area contributed by atoms with Crippen molar-refractivity contribution >= 4 is 45.6 Å². The third-order valence-corrected chi connectivity index (χ3v) is 5.88. The highest BCUT2D eigenvalue weighted by atomic mass is 35.5. The molecule has 0 aliphatic carbocycles. The third kappa shape index (κ3) is 5.94. The second-order valence-electron chi connectivity index (χ2n) is 6.03. The normalized spacial score (nSPS) is 15.0. The van der Waals surface area contributed by atoms with Gasteiger partial charge in [0.1, 0.15) is 5.75 Å². The van der Waals surface area contributed by atoms with Crippen LogP contribution in [0.3, 0.4) is 0 Å². The quantitative estimate of drug-likeness (QED) is 0.697. The average molecular weight is 436 g/mol. The molecular weight excluding hydrogens is 409 g/mol. The third-order valence-electron chi connectivity index (χ3n) is 4.36. The Labute approximate surface area is 173 Å². The van der Waals surface area contributed by atoms with Crippen molar-refractivity contribution in [3.8, 4) is 5.75 Å². The van der Waals surface area contributed by atoms with E-state index in [9.17, 15) is 8.42 Å². The summed E-state index contributed by atoms with van der Waals surface area (Å²) in [6, 6.07) is 10.8. The molecular formula is C18H27Cl2N3O3S. The predicted octanol–water partition coefficient (Wildman–Crippen LogP) is 2.27. The van der Waals surface area contributed by atoms with Crippen molar-refractivity contribution in [1.82, 2.24) is 14.9 Å². The Bertz CT molecular complexity index is 828. The van der Waals surface area contributed by atoms with Gasteiger partial charge >= 0.3 is 0 Å². The molecule has 2 N–H and O–H groups in total. The number of sulfonamides is 1. The Kier molecular flexibility index (Phi) is 9.80. The largest absolute Gasteiger partial charge is 0.493 e. The smallest absolute Gasteiger partial charge is 0.241 e. The van der Waals surface area contributed by atoms with Crippen LogP contribution < -0.4 is 14.8 Å². The van der Waals surface area contributed by atoms with Crippen LogP contribution in [-0.2, 0) is 10.0 Å². The summed E-state index contributed by atoms with van der Waals surface area (Å²) in [5.41, 5.74) is 0. The van der Waals surface area contributed by atoms with Gasteiger partial charge in [-0.3, -0.25) is 4.90 Å². The minimum atomic E-state index is -3.57. The lowest BCUT2D eigenvalue weighted by atomic mass is 10.1. The van der Waals surface area contributed by atoms with E-state index >= 15 is 0 Å². The summed E-state index contributed by atoms with van der Waals surface area (Å²) < 4.78 is 33.9. The summed E-state index contributed by atoms with van der Waals surface area (Å²) >= 11 is 0. The molecule has 0 unspecified atom stereocenters. The van der Waals surface area contributed by atoms with E-state index in [2.05, 4.69) is 14.9 Å². The van der Waals surface area contributed by atoms with Gasteiger partial charge in [0.05, 0.1) is 11.5 Å². The first-order valence-corrected chi connectivity index (χ1v) is 10.2. The van der Waals surface area contributed by atoms with Crippen LogP contribution in [0, 0.1) is 0 Å². The molecule has 0 spiro atoms. The highest BCUT2D eigenvalue weighted by Crippen LogP contribution is 2.30. The van der Waals surface area contributed by atoms with Crippen molar-refractivity contribution in [1.29, 1.82) is 0 Å². The fourth-order valence-electron chi connectivity index (χ4n) is 3.11. The standard InChI is InChI=1S/C18H25N3O3S.2ClH/c1-2-24-17-7-8-18(16-6-4-3-5-15(16)17)25(22,23)20-11-14-21-12-9-19-10-13-21;;/h3-8,19-20H,2,9-14H2,1H3;2*1H. The maximum atomic E-state index is 12.8. The van der Waals surface area contributed by atoms with Crippen molar-refractivity contribution in [3.05, 3.63) is 36.4 Å². The van der Waals surface area contributed by atoms with Gasteiger partial charge in [0, 0.05) is 50.0 Å². The number of piperazine rings is 1. The minimum Gasteiger partial charge on any atom is -0.493 e. The van der Waals surface area contributed by atoms with E-state index in [-0.39, 0.29) is 24.8 Å². The summed E-state index contributed by atoms with van der Waals surface area (Å²) in [7, 11) is -3.57. The molecule has 0 bridgehead atoms. The molecule has 6 nitrogen and oxygen atoms in total. The molecule has 9 heteroatoms. The molecule has 1 aliphatic rings. The van der Waals surface area contributed by atoms with Crippen molar-refractivity contribution in [2.75, 3.05) is 45.9 Å². The van der Waals surface area contributed by atoms with Gasteiger partial charge in [-0.2, -0.15) is 0 Å². The number of nitrogens with one attached hydrogen (secondary N) is 2. The Balaban J connectivity index is 0.00000182. The fourth-order valence-corrected chi connectivity index (χ4v) is 4.34. The van der Waals surface area contributed by atoms with Gasteiger partial charge in [0.2, 0.25) is 10.0 Å². The second kappa shape index (κ2) is 11.0. The van der Waals surface area contributed by atoms with Crippen LogP contribution >= 0.6 is 24.8 Å². The van der Waals surface area contributed by atoms with Crippen molar-refractivity contribution < 1.29 is 13.2 Å². The van der Waals surface area contributed by atoms with E-state index in [0.29, 0.717) is 29.2 Å². The molecule has 1 aliphatic heterocycles. The number of hydrogen-bond donors (Lipinski definition) is 2. The first-order valence-electron chi connectivity index (χ1n) is 8.69. The van der Waals surface area contributed by atoms with E-state index in [0.717, 1.165) is 38.1 Å². The lowest BCUT2D eigenvalue weighted by Crippen LogP contribution is -2.46. The molecule has 1 saturated heterocycles. The molecule has 0 aromatic heterocycles. The van der Waals surface area contributed by atoms with Crippen molar-refractivity contribution in [2.45, 2.75) is 11.8 Å². The number of halogens is 2. The Morgan fingerprint density at radius 2 is 1.74 bits per heavy atom. The number of hydrogen-bond acceptors (Lipinski definition) is 5. The van der Waals surface area contributed by atoms with Gasteiger partial charge in [0.25, 0.3) is 0 Å². The summed E-state index contributed by atoms with van der Waals surface area (Å²) in [5, 5.41) is 4.79. The molecule has 0 radical (unpaired) electrons. The van der Waals surface area contributed by atoms with Gasteiger partial charge in [0.15, 0.2) is 0 Å². The maximum absolute atomic E-state index is 12.8. The number of nitrogens with zero attached hydrogens (tertiary/aromatic N) is 1. The molecule has 2 aromatic carbocycles. The Morgan fingerprint density at radius 1 is 1.07 bits per heavy atom. The molecule has 27 heavy (non-hydrogen) atoms. The van der Waals surface area contributed by atoms with Crippen LogP contribution in [0.1, 0.15) is 6.92 Å². The molecule has 1 heterocycles. The molecule has 152 valence electrons. The zero-order valence-corrected chi connectivity index (χ0v) is 17.8. The van der Waals surface area contributed by atoms with Crippen LogP contribution in [-0.4, -0.2) is 59.2 Å². The van der Waals surface area contributed by atoms with Crippen LogP contribution in [0.4, 0.5) is 0 Å². The Morgan fingerprint density at radius 3 is 2.41 bits per heavy atom. The molecule has 2 aromatic rings. The number of benzene rings is 2. The zero-order chi connectivity index (χ0) is 17.7. The number of fused-ring (bicyclic) bond motifs is 1. The molecule has 3 rings (SSSR count). The van der Waals surface area contributed by atoms with E-state index in [4.69, 9.17) is 4.74 Å². The SMILES string of the molecule is CCOc1ccc(S(=O)(=O)NCCN2CCNCC2)c2ccccc12.Cl.Cl. The molecule has 0 saturated carbocycles. The van der Waals surface area contributed by atoms with E-state index in [1.165, 1.54) is 0 Å². The Hall–Kier alpha value is -1.09. The van der Waals surface area contributed by atoms with Crippen molar-refractivity contribution in [3.63, 3.8) is 0 Å². The summed E-state index contributed by atoms with van der Waals surface area (Å²) in [6.45, 7) is 7.39. The average Bonchev–Trinajstić information content (AvgIpc) is 2.63. The predicted molar refractivity (Wildman–Crippen MR) is 114 cm³/mol. The summed E-state index contributed by atoms with van der Waals surface area (Å²) in [6.07, 6.45) is 0. The maximum Gasteiger partial charge on any atom is 0.241 e. The number of ether oxygens (including phenoxy) is 1. The first-order chi connectivity index (χ1) is 12.1. The summed E-state index contributed by atoms with van der Waals surface area (Å²) in [4.78, 5) is 2.56. The summed E-state index contributed by atoms with van der Waals surface area (Å²) in [5.74, 6) is 0.706. The van der Waals surface area contributed by atoms with E-state index < -0.39 is 10.0 Å². The molecule has 1 fully saturated rings. The first kappa shape index (κ1) is 23.9.